The van der Waals surface area contributed by atoms with E-state index in [4.69, 9.17) is 14.2 Å². The van der Waals surface area contributed by atoms with Crippen molar-refractivity contribution in [2.75, 3.05) is 27.2 Å². The van der Waals surface area contributed by atoms with Gasteiger partial charge in [0.2, 0.25) is 0 Å². The number of aliphatic hydroxyl groups is 1. The Labute approximate surface area is 372 Å². The van der Waals surface area contributed by atoms with E-state index in [0.29, 0.717) is 55.1 Å². The van der Waals surface area contributed by atoms with Gasteiger partial charge in [-0.1, -0.05) is 60.7 Å². The molecule has 317 valence electrons. The van der Waals surface area contributed by atoms with E-state index in [0.717, 1.165) is 44.9 Å². The number of rotatable bonds is 21. The summed E-state index contributed by atoms with van der Waals surface area (Å²) in [6.45, 7) is 2.69. The van der Waals surface area contributed by atoms with Crippen molar-refractivity contribution in [3.05, 3.63) is 227 Å². The Hall–Kier alpha value is -5.67. The fourth-order valence-electron chi connectivity index (χ4n) is 7.01. The topological polar surface area (TPSA) is 88.5 Å². The molecule has 0 amide bonds. The fraction of sp³-hybridized carbons (Fsp3) is 0.192. The summed E-state index contributed by atoms with van der Waals surface area (Å²) in [5, 5.41) is 12.1. The summed E-state index contributed by atoms with van der Waals surface area (Å²) in [5.74, 6) is 1.98. The molecule has 1 atom stereocenters. The SMILES string of the molecule is CN(C)S(=O)(=O)[As]c1cc(C(O)CN(Cc2ccccc2)CC(c2ccc(OCc3ccccc3)cc2)c2ccc(OCc3ccccc3)cc2)ccc1OCc1ccccc1. The van der Waals surface area contributed by atoms with Gasteiger partial charge in [-0.3, -0.25) is 0 Å². The average Bonchev–Trinajstić information content (AvgIpc) is 3.30. The van der Waals surface area contributed by atoms with E-state index < -0.39 is 29.0 Å². The van der Waals surface area contributed by atoms with Crippen LogP contribution in [0.2, 0.25) is 0 Å². The normalized spacial score (nSPS) is 12.3. The minimum atomic E-state index is -3.55. The molecule has 0 aliphatic carbocycles. The molecule has 0 saturated heterocycles. The quantitative estimate of drug-likeness (QED) is 0.0722. The third-order valence-corrected chi connectivity index (χ3v) is 17.3. The molecule has 7 aromatic carbocycles. The second-order valence-electron chi connectivity index (χ2n) is 15.3. The van der Waals surface area contributed by atoms with E-state index in [2.05, 4.69) is 65.6 Å². The molecule has 0 aromatic heterocycles. The number of nitrogens with zero attached hydrogens (tertiary/aromatic N) is 2. The minimum absolute atomic E-state index is 0.0863. The summed E-state index contributed by atoms with van der Waals surface area (Å²) in [6, 6.07) is 62.3. The first-order chi connectivity index (χ1) is 30.2. The Morgan fingerprint density at radius 1 is 0.516 bits per heavy atom. The van der Waals surface area contributed by atoms with Crippen molar-refractivity contribution in [1.82, 2.24) is 9.21 Å². The van der Waals surface area contributed by atoms with E-state index in [9.17, 15) is 13.5 Å². The van der Waals surface area contributed by atoms with Crippen LogP contribution >= 0.6 is 0 Å². The standard InChI is InChI=1S/C52H52AsN2O6S/c1-54(2)62(57,58)53-50-33-46(27-32-52(50)61-39-43-21-13-6-14-22-43)51(56)36-55(34-40-15-7-3-8-16-40)35-49(44-23-28-47(29-24-44)59-37-41-17-9-4-10-18-41)45-25-30-48(31-26-45)60-38-42-19-11-5-12-20-42/h3-33,49,51,56H,34-39H2,1-2H3. The number of benzene rings is 7. The molecule has 10 heteroatoms. The van der Waals surface area contributed by atoms with Crippen LogP contribution in [-0.2, 0) is 34.7 Å². The molecule has 7 aromatic rings. The molecule has 1 radical (unpaired) electrons. The molecule has 8 nitrogen and oxygen atoms in total. The molecule has 7 rings (SSSR count). The first kappa shape index (κ1) is 44.4. The van der Waals surface area contributed by atoms with Crippen LogP contribution in [0.15, 0.2) is 188 Å². The molecular formula is C52H52AsN2O6S. The summed E-state index contributed by atoms with van der Waals surface area (Å²) in [6.07, 6.45) is -0.924. The molecule has 0 heterocycles. The Kier molecular flexibility index (Phi) is 15.7. The van der Waals surface area contributed by atoms with Crippen LogP contribution in [0.25, 0.3) is 0 Å². The van der Waals surface area contributed by atoms with E-state index in [1.165, 1.54) is 4.31 Å². The summed E-state index contributed by atoms with van der Waals surface area (Å²) >= 11 is -1.36. The zero-order valence-corrected chi connectivity index (χ0v) is 37.7. The van der Waals surface area contributed by atoms with Crippen molar-refractivity contribution in [2.45, 2.75) is 38.4 Å². The summed E-state index contributed by atoms with van der Waals surface area (Å²) < 4.78 is 46.9. The molecule has 0 spiro atoms. The monoisotopic (exact) mass is 907 g/mol. The zero-order chi connectivity index (χ0) is 43.2. The van der Waals surface area contributed by atoms with Gasteiger partial charge in [-0.25, -0.2) is 0 Å². The molecule has 0 bridgehead atoms. The maximum atomic E-state index is 13.2. The van der Waals surface area contributed by atoms with Gasteiger partial charge in [-0.15, -0.1) is 0 Å². The Balaban J connectivity index is 1.17. The van der Waals surface area contributed by atoms with Crippen LogP contribution in [-0.4, -0.2) is 64.5 Å². The Morgan fingerprint density at radius 3 is 1.39 bits per heavy atom. The molecule has 62 heavy (non-hydrogen) atoms. The second kappa shape index (κ2) is 21.9. The van der Waals surface area contributed by atoms with E-state index in [1.807, 2.05) is 121 Å². The summed E-state index contributed by atoms with van der Waals surface area (Å²) in [4.78, 5) is 2.27. The van der Waals surface area contributed by atoms with Crippen molar-refractivity contribution < 1.29 is 27.7 Å². The average molecular weight is 908 g/mol. The van der Waals surface area contributed by atoms with Gasteiger partial charge in [-0.05, 0) is 11.1 Å². The Bertz CT molecular complexity index is 2440. The van der Waals surface area contributed by atoms with Gasteiger partial charge in [0.15, 0.2) is 0 Å². The molecule has 1 unspecified atom stereocenters. The van der Waals surface area contributed by atoms with Crippen LogP contribution in [0.3, 0.4) is 0 Å². The molecule has 0 saturated carbocycles. The van der Waals surface area contributed by atoms with Crippen molar-refractivity contribution in [2.24, 2.45) is 0 Å². The van der Waals surface area contributed by atoms with Crippen LogP contribution in [0.5, 0.6) is 17.2 Å². The van der Waals surface area contributed by atoms with Crippen molar-refractivity contribution in [1.29, 1.82) is 0 Å². The second-order valence-corrected chi connectivity index (χ2v) is 22.2. The van der Waals surface area contributed by atoms with Gasteiger partial charge in [0.25, 0.3) is 0 Å². The van der Waals surface area contributed by atoms with Crippen LogP contribution in [0.4, 0.5) is 0 Å². The number of ether oxygens (including phenoxy) is 3. The third kappa shape index (κ3) is 12.9. The number of hydrogen-bond acceptors (Lipinski definition) is 7. The molecule has 0 aliphatic rings. The van der Waals surface area contributed by atoms with Crippen molar-refractivity contribution in [3.63, 3.8) is 0 Å². The first-order valence-electron chi connectivity index (χ1n) is 20.6. The van der Waals surface area contributed by atoms with Crippen LogP contribution in [0.1, 0.15) is 51.0 Å². The predicted molar refractivity (Wildman–Crippen MR) is 248 cm³/mol. The molecule has 1 N–H and O–H groups in total. The Morgan fingerprint density at radius 2 is 0.935 bits per heavy atom. The van der Waals surface area contributed by atoms with Crippen molar-refractivity contribution >= 4 is 27.2 Å². The molecule has 0 fully saturated rings. The van der Waals surface area contributed by atoms with Crippen LogP contribution < -0.4 is 18.6 Å². The van der Waals surface area contributed by atoms with Gasteiger partial charge >= 0.3 is 280 Å². The first-order valence-corrected chi connectivity index (χ1v) is 25.3. The van der Waals surface area contributed by atoms with Gasteiger partial charge in [0.05, 0.1) is 0 Å². The number of hydrogen-bond donors (Lipinski definition) is 1. The van der Waals surface area contributed by atoms with E-state index in [-0.39, 0.29) is 5.92 Å². The van der Waals surface area contributed by atoms with Gasteiger partial charge in [-0.2, -0.15) is 0 Å². The van der Waals surface area contributed by atoms with Gasteiger partial charge in [0.1, 0.15) is 13.2 Å². The van der Waals surface area contributed by atoms with Crippen molar-refractivity contribution in [3.8, 4) is 17.2 Å². The van der Waals surface area contributed by atoms with Gasteiger partial charge < -0.3 is 9.47 Å². The number of aliphatic hydroxyl groups excluding tert-OH is 1. The summed E-state index contributed by atoms with van der Waals surface area (Å²) in [7, 11) is -0.457. The fourth-order valence-corrected chi connectivity index (χ4v) is 11.7. The van der Waals surface area contributed by atoms with E-state index in [1.54, 1.807) is 20.2 Å². The van der Waals surface area contributed by atoms with E-state index >= 15 is 0 Å². The van der Waals surface area contributed by atoms with Crippen LogP contribution in [0, 0.1) is 0 Å². The predicted octanol–water partition coefficient (Wildman–Crippen LogP) is 8.93. The third-order valence-electron chi connectivity index (χ3n) is 10.5. The summed E-state index contributed by atoms with van der Waals surface area (Å²) in [5.41, 5.74) is 7.11. The maximum absolute atomic E-state index is 13.2. The molecular weight excluding hydrogens is 856 g/mol. The zero-order valence-electron chi connectivity index (χ0n) is 35.0. The molecule has 0 aliphatic heterocycles. The van der Waals surface area contributed by atoms with Gasteiger partial charge in [0, 0.05) is 0 Å².